The van der Waals surface area contributed by atoms with Gasteiger partial charge in [0.15, 0.2) is 5.82 Å². The summed E-state index contributed by atoms with van der Waals surface area (Å²) in [6, 6.07) is 1.84. The molecule has 0 unspecified atom stereocenters. The zero-order valence-corrected chi connectivity index (χ0v) is 13.9. The largest absolute Gasteiger partial charge is 0.446 e. The van der Waals surface area contributed by atoms with Crippen molar-refractivity contribution in [2.75, 3.05) is 5.32 Å². The van der Waals surface area contributed by atoms with Crippen molar-refractivity contribution in [3.63, 3.8) is 0 Å². The van der Waals surface area contributed by atoms with E-state index in [4.69, 9.17) is 4.74 Å². The molecule has 2 aromatic rings. The molecular weight excluding hydrogens is 310 g/mol. The first-order chi connectivity index (χ1) is 11.3. The van der Waals surface area contributed by atoms with Crippen LogP contribution in [0.4, 0.5) is 10.6 Å². The van der Waals surface area contributed by atoms with Crippen LogP contribution >= 0.6 is 0 Å². The molecule has 1 aliphatic rings. The lowest BCUT2D eigenvalue weighted by Crippen LogP contribution is -2.33. The number of carbonyl (C=O) groups is 2. The summed E-state index contributed by atoms with van der Waals surface area (Å²) in [5, 5.41) is 9.86. The van der Waals surface area contributed by atoms with E-state index in [1.165, 1.54) is 17.1 Å². The number of hydrogen-bond acceptors (Lipinski definition) is 5. The first kappa shape index (κ1) is 16.2. The van der Waals surface area contributed by atoms with Crippen LogP contribution in [0.3, 0.4) is 0 Å². The van der Waals surface area contributed by atoms with Crippen LogP contribution in [-0.2, 0) is 9.53 Å². The highest BCUT2D eigenvalue weighted by Gasteiger charge is 2.35. The number of aromatic amines is 1. The fourth-order valence-electron chi connectivity index (χ4n) is 2.40. The van der Waals surface area contributed by atoms with E-state index in [0.29, 0.717) is 5.82 Å². The van der Waals surface area contributed by atoms with Crippen molar-refractivity contribution in [1.82, 2.24) is 19.7 Å². The summed E-state index contributed by atoms with van der Waals surface area (Å²) in [6.45, 7) is 5.54. The lowest BCUT2D eigenvalue weighted by Gasteiger charge is -2.33. The number of nitrogens with zero attached hydrogens (tertiary/aromatic N) is 3. The highest BCUT2D eigenvalue weighted by atomic mass is 16.6. The Balaban J connectivity index is 1.50. The van der Waals surface area contributed by atoms with Gasteiger partial charge >= 0.3 is 6.09 Å². The minimum absolute atomic E-state index is 0.0821. The third-order valence-corrected chi connectivity index (χ3v) is 4.04. The van der Waals surface area contributed by atoms with Crippen LogP contribution in [0.1, 0.15) is 45.2 Å². The number of imidazole rings is 1. The van der Waals surface area contributed by atoms with Crippen LogP contribution in [-0.4, -0.2) is 37.9 Å². The molecule has 0 spiro atoms. The first-order valence-electron chi connectivity index (χ1n) is 7.88. The van der Waals surface area contributed by atoms with Gasteiger partial charge < -0.3 is 10.1 Å². The van der Waals surface area contributed by atoms with Crippen LogP contribution in [0.15, 0.2) is 24.8 Å². The normalized spacial score (nSPS) is 20.3. The number of aromatic nitrogens is 4. The van der Waals surface area contributed by atoms with Gasteiger partial charge in [0.1, 0.15) is 12.4 Å². The molecule has 128 valence electrons. The molecule has 1 saturated carbocycles. The minimum Gasteiger partial charge on any atom is -0.446 e. The van der Waals surface area contributed by atoms with E-state index in [1.54, 1.807) is 6.20 Å². The Labute approximate surface area is 139 Å². The molecule has 8 nitrogen and oxygen atoms in total. The van der Waals surface area contributed by atoms with E-state index >= 15 is 0 Å². The number of hydrogen-bond donors (Lipinski definition) is 2. The molecule has 0 aromatic carbocycles. The molecule has 0 atom stereocenters. The van der Waals surface area contributed by atoms with Gasteiger partial charge in [-0.2, -0.15) is 5.10 Å². The van der Waals surface area contributed by atoms with E-state index in [-0.39, 0.29) is 17.9 Å². The first-order valence-corrected chi connectivity index (χ1v) is 7.88. The van der Waals surface area contributed by atoms with Gasteiger partial charge in [0, 0.05) is 35.5 Å². The smallest absolute Gasteiger partial charge is 0.419 e. The Hall–Kier alpha value is -2.64. The fraction of sp³-hybridized carbons (Fsp3) is 0.500. The molecule has 0 saturated heterocycles. The molecule has 1 amide bonds. The summed E-state index contributed by atoms with van der Waals surface area (Å²) in [5.74, 6) is 0.684. The Morgan fingerprint density at radius 3 is 2.75 bits per heavy atom. The van der Waals surface area contributed by atoms with Crippen LogP contribution in [0, 0.1) is 5.41 Å². The zero-order chi connectivity index (χ0) is 17.3. The van der Waals surface area contributed by atoms with Gasteiger partial charge in [-0.15, -0.1) is 0 Å². The second kappa shape index (κ2) is 6.10. The molecule has 0 radical (unpaired) electrons. The maximum absolute atomic E-state index is 12.0. The van der Waals surface area contributed by atoms with Crippen LogP contribution < -0.4 is 5.32 Å². The SMILES string of the molecule is CC(C)(C)C(=O)Nc1cc(C2CC(OC(=O)n3ccnc3)C2)[nH]n1. The number of ether oxygens (including phenoxy) is 1. The Kier molecular flexibility index (Phi) is 4.13. The summed E-state index contributed by atoms with van der Waals surface area (Å²) in [4.78, 5) is 27.6. The van der Waals surface area contributed by atoms with Crippen LogP contribution in [0.25, 0.3) is 0 Å². The summed E-state index contributed by atoms with van der Waals surface area (Å²) >= 11 is 0. The van der Waals surface area contributed by atoms with Crippen LogP contribution in [0.2, 0.25) is 0 Å². The highest BCUT2D eigenvalue weighted by molar-refractivity contribution is 5.93. The average molecular weight is 331 g/mol. The maximum atomic E-state index is 12.0. The summed E-state index contributed by atoms with van der Waals surface area (Å²) < 4.78 is 6.69. The van der Waals surface area contributed by atoms with Crippen molar-refractivity contribution in [1.29, 1.82) is 0 Å². The number of rotatable bonds is 3. The second-order valence-electron chi connectivity index (χ2n) is 7.06. The van der Waals surface area contributed by atoms with Crippen molar-refractivity contribution in [2.24, 2.45) is 5.41 Å². The molecule has 2 N–H and O–H groups in total. The summed E-state index contributed by atoms with van der Waals surface area (Å²) in [5.41, 5.74) is 0.469. The van der Waals surface area contributed by atoms with Gasteiger partial charge in [-0.3, -0.25) is 9.89 Å². The lowest BCUT2D eigenvalue weighted by atomic mass is 9.80. The van der Waals surface area contributed by atoms with E-state index in [1.807, 2.05) is 26.8 Å². The van der Waals surface area contributed by atoms with Gasteiger partial charge in [0.2, 0.25) is 5.91 Å². The maximum Gasteiger partial charge on any atom is 0.419 e. The molecule has 0 bridgehead atoms. The Morgan fingerprint density at radius 2 is 2.12 bits per heavy atom. The van der Waals surface area contributed by atoms with E-state index in [0.717, 1.165) is 18.5 Å². The lowest BCUT2D eigenvalue weighted by molar-refractivity contribution is -0.123. The van der Waals surface area contributed by atoms with Gasteiger partial charge in [-0.25, -0.2) is 14.3 Å². The predicted molar refractivity (Wildman–Crippen MR) is 86.5 cm³/mol. The second-order valence-corrected chi connectivity index (χ2v) is 7.06. The number of carbonyl (C=O) groups excluding carboxylic acids is 2. The van der Waals surface area contributed by atoms with Gasteiger partial charge in [0.25, 0.3) is 0 Å². The molecule has 2 aromatic heterocycles. The van der Waals surface area contributed by atoms with Crippen molar-refractivity contribution < 1.29 is 14.3 Å². The molecule has 1 fully saturated rings. The third kappa shape index (κ3) is 3.47. The topological polar surface area (TPSA) is 102 Å². The molecule has 24 heavy (non-hydrogen) atoms. The molecule has 1 aliphatic carbocycles. The van der Waals surface area contributed by atoms with E-state index < -0.39 is 11.5 Å². The number of nitrogens with one attached hydrogen (secondary N) is 2. The molecule has 2 heterocycles. The highest BCUT2D eigenvalue weighted by Crippen LogP contribution is 2.38. The molecular formula is C16H21N5O3. The third-order valence-electron chi connectivity index (χ3n) is 4.04. The monoisotopic (exact) mass is 331 g/mol. The van der Waals surface area contributed by atoms with Gasteiger partial charge in [-0.1, -0.05) is 20.8 Å². The van der Waals surface area contributed by atoms with Gasteiger partial charge in [0.05, 0.1) is 0 Å². The molecule has 0 aliphatic heterocycles. The number of anilines is 1. The predicted octanol–water partition coefficient (Wildman–Crippen LogP) is 2.52. The number of amides is 1. The van der Waals surface area contributed by atoms with E-state index in [2.05, 4.69) is 20.5 Å². The summed E-state index contributed by atoms with van der Waals surface area (Å²) in [7, 11) is 0. The van der Waals surface area contributed by atoms with Crippen molar-refractivity contribution in [2.45, 2.75) is 45.6 Å². The van der Waals surface area contributed by atoms with Crippen molar-refractivity contribution in [3.05, 3.63) is 30.5 Å². The number of H-pyrrole nitrogens is 1. The standard InChI is InChI=1S/C16H21N5O3/c1-16(2,3)14(22)18-13-8-12(19-20-13)10-6-11(7-10)24-15(23)21-5-4-17-9-21/h4-5,8-11H,6-7H2,1-3H3,(H2,18,19,20,22). The fourth-order valence-corrected chi connectivity index (χ4v) is 2.40. The Bertz CT molecular complexity index is 723. The molecule has 3 rings (SSSR count). The van der Waals surface area contributed by atoms with E-state index in [9.17, 15) is 9.59 Å². The van der Waals surface area contributed by atoms with Crippen molar-refractivity contribution >= 4 is 17.8 Å². The zero-order valence-electron chi connectivity index (χ0n) is 13.9. The summed E-state index contributed by atoms with van der Waals surface area (Å²) in [6.07, 6.45) is 5.43. The quantitative estimate of drug-likeness (QED) is 0.900. The van der Waals surface area contributed by atoms with Crippen LogP contribution in [0.5, 0.6) is 0 Å². The molecule has 8 heteroatoms. The van der Waals surface area contributed by atoms with Crippen molar-refractivity contribution in [3.8, 4) is 0 Å². The Morgan fingerprint density at radius 1 is 1.38 bits per heavy atom. The van der Waals surface area contributed by atoms with Gasteiger partial charge in [-0.05, 0) is 12.8 Å². The average Bonchev–Trinajstić information content (AvgIpc) is 3.12. The minimum atomic E-state index is -0.470.